The standard InChI is InChI=1S/C22H32BNO4/c1-18(20-12-8-5-9-13-20)24(16-21(25)27-3)17-22(26)28-23(2)15-14-19-10-6-4-7-11-19/h4,6-7,10-11,14-15,18,20H,5,8-9,12-13,16-17H2,1-3H3/b15-14+/t18-/m0/s1. The molecule has 0 aliphatic heterocycles. The zero-order valence-corrected chi connectivity index (χ0v) is 17.3. The summed E-state index contributed by atoms with van der Waals surface area (Å²) in [6, 6.07) is 10.0. The van der Waals surface area contributed by atoms with Gasteiger partial charge in [0.25, 0.3) is 0 Å². The molecular weight excluding hydrogens is 353 g/mol. The van der Waals surface area contributed by atoms with Crippen LogP contribution in [0.5, 0.6) is 0 Å². The van der Waals surface area contributed by atoms with E-state index in [0.717, 1.165) is 18.4 Å². The summed E-state index contributed by atoms with van der Waals surface area (Å²) in [5.41, 5.74) is 1.06. The molecule has 152 valence electrons. The van der Waals surface area contributed by atoms with Gasteiger partial charge in [0.15, 0.2) is 0 Å². The lowest BCUT2D eigenvalue weighted by Crippen LogP contribution is -2.46. The first kappa shape index (κ1) is 22.2. The van der Waals surface area contributed by atoms with Crippen molar-refractivity contribution in [2.75, 3.05) is 20.2 Å². The van der Waals surface area contributed by atoms with Gasteiger partial charge in [0, 0.05) is 6.04 Å². The van der Waals surface area contributed by atoms with Crippen molar-refractivity contribution in [2.45, 2.75) is 51.9 Å². The third-order valence-corrected chi connectivity index (χ3v) is 5.48. The van der Waals surface area contributed by atoms with Crippen molar-refractivity contribution in [3.63, 3.8) is 0 Å². The molecule has 2 rings (SSSR count). The van der Waals surface area contributed by atoms with E-state index in [-0.39, 0.29) is 38.0 Å². The molecule has 1 aromatic carbocycles. The zero-order valence-electron chi connectivity index (χ0n) is 17.3. The quantitative estimate of drug-likeness (QED) is 0.478. The van der Waals surface area contributed by atoms with E-state index in [9.17, 15) is 9.59 Å². The molecule has 1 atom stereocenters. The summed E-state index contributed by atoms with van der Waals surface area (Å²) in [6.45, 7) is 3.81. The van der Waals surface area contributed by atoms with Crippen molar-refractivity contribution in [3.8, 4) is 0 Å². The van der Waals surface area contributed by atoms with Crippen LogP contribution in [0.4, 0.5) is 0 Å². The fourth-order valence-corrected chi connectivity index (χ4v) is 3.75. The van der Waals surface area contributed by atoms with Crippen LogP contribution in [0, 0.1) is 5.92 Å². The molecule has 0 spiro atoms. The van der Waals surface area contributed by atoms with Crippen molar-refractivity contribution >= 4 is 24.9 Å². The fraction of sp³-hybridized carbons (Fsp3) is 0.545. The van der Waals surface area contributed by atoms with Crippen LogP contribution in [-0.4, -0.2) is 50.0 Å². The Labute approximate surface area is 169 Å². The summed E-state index contributed by atoms with van der Waals surface area (Å²) in [7, 11) is 1.38. The highest BCUT2D eigenvalue weighted by atomic mass is 16.5. The number of methoxy groups -OCH3 is 1. The molecule has 6 heteroatoms. The normalized spacial score (nSPS) is 16.1. The number of hydrogen-bond acceptors (Lipinski definition) is 5. The number of hydrogen-bond donors (Lipinski definition) is 0. The van der Waals surface area contributed by atoms with E-state index in [2.05, 4.69) is 6.92 Å². The first-order valence-electron chi connectivity index (χ1n) is 10.2. The highest BCUT2D eigenvalue weighted by Crippen LogP contribution is 2.28. The highest BCUT2D eigenvalue weighted by Gasteiger charge is 2.29. The minimum absolute atomic E-state index is 0.0935. The molecule has 1 fully saturated rings. The summed E-state index contributed by atoms with van der Waals surface area (Å²) in [6.07, 6.45) is 7.93. The van der Waals surface area contributed by atoms with Gasteiger partial charge >= 0.3 is 18.9 Å². The van der Waals surface area contributed by atoms with E-state index in [4.69, 9.17) is 9.39 Å². The molecule has 1 aliphatic rings. The van der Waals surface area contributed by atoms with Crippen LogP contribution in [0.1, 0.15) is 44.6 Å². The molecule has 0 N–H and O–H groups in total. The Balaban J connectivity index is 1.92. The maximum atomic E-state index is 12.5. The molecule has 1 aromatic rings. The monoisotopic (exact) mass is 385 g/mol. The smallest absolute Gasteiger partial charge is 0.384 e. The molecule has 1 aliphatic carbocycles. The highest BCUT2D eigenvalue weighted by molar-refractivity contribution is 6.58. The Morgan fingerprint density at radius 2 is 1.79 bits per heavy atom. The summed E-state index contributed by atoms with van der Waals surface area (Å²) in [5.74, 6) is 1.72. The Hall–Kier alpha value is -2.08. The average Bonchev–Trinajstić information content (AvgIpc) is 2.72. The Kier molecular flexibility index (Phi) is 9.28. The minimum atomic E-state index is -0.335. The van der Waals surface area contributed by atoms with Crippen LogP contribution in [-0.2, 0) is 19.0 Å². The molecule has 0 unspecified atom stereocenters. The summed E-state index contributed by atoms with van der Waals surface area (Å²) in [5, 5.41) is 0. The number of rotatable bonds is 9. The second kappa shape index (κ2) is 11.7. The zero-order chi connectivity index (χ0) is 20.4. The van der Waals surface area contributed by atoms with Crippen LogP contribution in [0.15, 0.2) is 36.3 Å². The molecule has 0 aromatic heterocycles. The van der Waals surface area contributed by atoms with Gasteiger partial charge in [0.2, 0.25) is 0 Å². The van der Waals surface area contributed by atoms with E-state index in [1.807, 2.05) is 54.1 Å². The van der Waals surface area contributed by atoms with Crippen molar-refractivity contribution < 1.29 is 19.0 Å². The Morgan fingerprint density at radius 3 is 2.43 bits per heavy atom. The number of carbonyl (C=O) groups excluding carboxylic acids is 2. The van der Waals surface area contributed by atoms with Crippen molar-refractivity contribution in [1.82, 2.24) is 4.90 Å². The molecule has 1 saturated carbocycles. The lowest BCUT2D eigenvalue weighted by Gasteiger charge is -2.35. The molecule has 0 radical (unpaired) electrons. The molecule has 0 saturated heterocycles. The number of nitrogens with zero attached hydrogens (tertiary/aromatic N) is 1. The average molecular weight is 385 g/mol. The number of carbonyl (C=O) groups is 2. The first-order chi connectivity index (χ1) is 13.5. The van der Waals surface area contributed by atoms with Gasteiger partial charge in [0.05, 0.1) is 20.2 Å². The first-order valence-corrected chi connectivity index (χ1v) is 10.2. The fourth-order valence-electron chi connectivity index (χ4n) is 3.75. The third-order valence-electron chi connectivity index (χ3n) is 5.48. The van der Waals surface area contributed by atoms with Gasteiger partial charge in [-0.1, -0.05) is 61.6 Å². The number of benzene rings is 1. The van der Waals surface area contributed by atoms with Crippen molar-refractivity contribution in [3.05, 3.63) is 41.9 Å². The lowest BCUT2D eigenvalue weighted by atomic mass is 9.71. The maximum Gasteiger partial charge on any atom is 0.384 e. The van der Waals surface area contributed by atoms with Crippen molar-refractivity contribution in [1.29, 1.82) is 0 Å². The van der Waals surface area contributed by atoms with Gasteiger partial charge in [-0.3, -0.25) is 14.5 Å². The third kappa shape index (κ3) is 7.51. The van der Waals surface area contributed by atoms with E-state index >= 15 is 0 Å². The molecule has 0 amide bonds. The largest absolute Gasteiger partial charge is 0.531 e. The van der Waals surface area contributed by atoms with Gasteiger partial charge in [-0.15, -0.1) is 0 Å². The van der Waals surface area contributed by atoms with Gasteiger partial charge in [-0.25, -0.2) is 0 Å². The molecule has 5 nitrogen and oxygen atoms in total. The van der Waals surface area contributed by atoms with E-state index < -0.39 is 0 Å². The van der Waals surface area contributed by atoms with Crippen LogP contribution < -0.4 is 0 Å². The second-order valence-corrected chi connectivity index (χ2v) is 7.58. The van der Waals surface area contributed by atoms with E-state index in [1.165, 1.54) is 26.4 Å². The van der Waals surface area contributed by atoms with Gasteiger partial charge in [0.1, 0.15) is 0 Å². The Bertz CT molecular complexity index is 643. The van der Waals surface area contributed by atoms with Gasteiger partial charge < -0.3 is 9.39 Å². The van der Waals surface area contributed by atoms with E-state index in [0.29, 0.717) is 5.92 Å². The number of ether oxygens (including phenoxy) is 1. The second-order valence-electron chi connectivity index (χ2n) is 7.58. The molecule has 28 heavy (non-hydrogen) atoms. The minimum Gasteiger partial charge on any atom is -0.531 e. The summed E-state index contributed by atoms with van der Waals surface area (Å²) < 4.78 is 10.4. The van der Waals surface area contributed by atoms with Crippen LogP contribution in [0.2, 0.25) is 6.82 Å². The van der Waals surface area contributed by atoms with Gasteiger partial charge in [-0.05, 0) is 38.1 Å². The maximum absolute atomic E-state index is 12.5. The van der Waals surface area contributed by atoms with E-state index in [1.54, 1.807) is 0 Å². The molecule has 0 bridgehead atoms. The summed E-state index contributed by atoms with van der Waals surface area (Å²) >= 11 is 0. The molecule has 0 heterocycles. The Morgan fingerprint density at radius 1 is 1.14 bits per heavy atom. The topological polar surface area (TPSA) is 55.8 Å². The van der Waals surface area contributed by atoms with Crippen molar-refractivity contribution in [2.24, 2.45) is 5.92 Å². The summed E-state index contributed by atoms with van der Waals surface area (Å²) in [4.78, 5) is 26.2. The molecular formula is C22H32BNO4. The van der Waals surface area contributed by atoms with Crippen LogP contribution in [0.3, 0.4) is 0 Å². The lowest BCUT2D eigenvalue weighted by molar-refractivity contribution is -0.144. The van der Waals surface area contributed by atoms with Crippen LogP contribution >= 0.6 is 0 Å². The van der Waals surface area contributed by atoms with Gasteiger partial charge in [-0.2, -0.15) is 0 Å². The number of esters is 1. The predicted octanol–water partition coefficient (Wildman–Crippen LogP) is 3.85. The SMILES string of the molecule is COC(=O)CN(CC(=O)OB(C)/C=C/c1ccccc1)[C@@H](C)C1CCCCC1. The predicted molar refractivity (Wildman–Crippen MR) is 113 cm³/mol. The van der Waals surface area contributed by atoms with Crippen LogP contribution in [0.25, 0.3) is 6.08 Å².